The minimum absolute atomic E-state index is 0.0867. The lowest BCUT2D eigenvalue weighted by Gasteiger charge is -2.13. The van der Waals surface area contributed by atoms with Gasteiger partial charge in [-0.1, -0.05) is 60.7 Å². The zero-order chi connectivity index (χ0) is 26.6. The van der Waals surface area contributed by atoms with Crippen molar-refractivity contribution < 1.29 is 5.11 Å². The van der Waals surface area contributed by atoms with Gasteiger partial charge in [0.1, 0.15) is 12.1 Å². The number of hydrogen-bond acceptors (Lipinski definition) is 8. The number of imidazole rings is 1. The summed E-state index contributed by atoms with van der Waals surface area (Å²) < 4.78 is 1.93. The van der Waals surface area contributed by atoms with Crippen LogP contribution in [0.3, 0.4) is 0 Å². The Kier molecular flexibility index (Phi) is 6.63. The second kappa shape index (κ2) is 10.7. The van der Waals surface area contributed by atoms with Crippen LogP contribution >= 0.6 is 0 Å². The molecule has 0 bridgehead atoms. The summed E-state index contributed by atoms with van der Waals surface area (Å²) in [5, 5.41) is 13.3. The second-order valence-corrected chi connectivity index (χ2v) is 9.03. The standard InChI is InChI=1S/C30H26N8O/c31-29-32-15-13-24(35-29)21-10-11-27-26(16-21)34-19-38(27)28-17-25(23-9-5-4-8-22(23)18-39)36-30(37-28)33-14-12-20-6-2-1-3-7-20/h1-11,13,15-17,19,39H,12,14,18H2,(H2,31,32,35)(H,33,36,37). The van der Waals surface area contributed by atoms with Crippen LogP contribution in [0.2, 0.25) is 0 Å². The third-order valence-corrected chi connectivity index (χ3v) is 6.48. The highest BCUT2D eigenvalue weighted by Crippen LogP contribution is 2.28. The first-order valence-corrected chi connectivity index (χ1v) is 12.6. The number of nitrogens with zero attached hydrogens (tertiary/aromatic N) is 6. The second-order valence-electron chi connectivity index (χ2n) is 9.03. The molecule has 0 saturated heterocycles. The maximum atomic E-state index is 9.96. The molecule has 192 valence electrons. The summed E-state index contributed by atoms with van der Waals surface area (Å²) in [5.74, 6) is 1.39. The van der Waals surface area contributed by atoms with Crippen molar-refractivity contribution in [3.05, 3.63) is 109 Å². The zero-order valence-corrected chi connectivity index (χ0v) is 21.1. The van der Waals surface area contributed by atoms with Gasteiger partial charge in [0.25, 0.3) is 0 Å². The van der Waals surface area contributed by atoms with E-state index in [1.165, 1.54) is 5.56 Å². The topological polar surface area (TPSA) is 128 Å². The Morgan fingerprint density at radius 1 is 0.821 bits per heavy atom. The van der Waals surface area contributed by atoms with E-state index in [4.69, 9.17) is 15.7 Å². The van der Waals surface area contributed by atoms with E-state index in [0.29, 0.717) is 24.0 Å². The molecule has 4 N–H and O–H groups in total. The highest BCUT2D eigenvalue weighted by molar-refractivity contribution is 5.83. The Morgan fingerprint density at radius 2 is 1.67 bits per heavy atom. The van der Waals surface area contributed by atoms with Gasteiger partial charge in [0.2, 0.25) is 11.9 Å². The highest BCUT2D eigenvalue weighted by Gasteiger charge is 2.14. The quantitative estimate of drug-likeness (QED) is 0.267. The van der Waals surface area contributed by atoms with E-state index < -0.39 is 0 Å². The van der Waals surface area contributed by atoms with Crippen molar-refractivity contribution in [2.45, 2.75) is 13.0 Å². The van der Waals surface area contributed by atoms with Gasteiger partial charge >= 0.3 is 0 Å². The first-order chi connectivity index (χ1) is 19.2. The van der Waals surface area contributed by atoms with Crippen LogP contribution in [0.15, 0.2) is 97.5 Å². The van der Waals surface area contributed by atoms with E-state index in [1.807, 2.05) is 77.4 Å². The van der Waals surface area contributed by atoms with Crippen molar-refractivity contribution in [2.75, 3.05) is 17.6 Å². The number of fused-ring (bicyclic) bond motifs is 1. The molecule has 0 aliphatic rings. The van der Waals surface area contributed by atoms with Crippen molar-refractivity contribution in [3.8, 4) is 28.3 Å². The minimum Gasteiger partial charge on any atom is -0.392 e. The van der Waals surface area contributed by atoms with Gasteiger partial charge in [0, 0.05) is 29.9 Å². The molecule has 0 fully saturated rings. The van der Waals surface area contributed by atoms with E-state index >= 15 is 0 Å². The van der Waals surface area contributed by atoms with Crippen LogP contribution < -0.4 is 11.1 Å². The van der Waals surface area contributed by atoms with Crippen LogP contribution in [0.25, 0.3) is 39.4 Å². The number of benzene rings is 3. The van der Waals surface area contributed by atoms with Crippen LogP contribution in [0.1, 0.15) is 11.1 Å². The molecule has 3 heterocycles. The van der Waals surface area contributed by atoms with E-state index in [-0.39, 0.29) is 12.6 Å². The molecule has 0 spiro atoms. The lowest BCUT2D eigenvalue weighted by atomic mass is 10.0. The molecular weight excluding hydrogens is 488 g/mol. The van der Waals surface area contributed by atoms with E-state index in [9.17, 15) is 5.11 Å². The SMILES string of the molecule is Nc1nccc(-c2ccc3c(c2)ncn3-c2cc(-c3ccccc3CO)nc(NCCc3ccccc3)n2)n1. The maximum Gasteiger partial charge on any atom is 0.225 e. The molecular formula is C30H26N8O. The Balaban J connectivity index is 1.39. The predicted octanol–water partition coefficient (Wildman–Crippen LogP) is 4.67. The first kappa shape index (κ1) is 24.2. The molecule has 0 amide bonds. The van der Waals surface area contributed by atoms with Crippen molar-refractivity contribution in [3.63, 3.8) is 0 Å². The summed E-state index contributed by atoms with van der Waals surface area (Å²) >= 11 is 0. The van der Waals surface area contributed by atoms with Crippen molar-refractivity contribution in [2.24, 2.45) is 0 Å². The molecule has 0 atom stereocenters. The number of nitrogens with one attached hydrogen (secondary N) is 1. The van der Waals surface area contributed by atoms with E-state index in [1.54, 1.807) is 12.5 Å². The summed E-state index contributed by atoms with van der Waals surface area (Å²) in [6.45, 7) is 0.585. The Labute approximate surface area is 225 Å². The summed E-state index contributed by atoms with van der Waals surface area (Å²) in [7, 11) is 0. The van der Waals surface area contributed by atoms with Gasteiger partial charge in [0.15, 0.2) is 0 Å². The predicted molar refractivity (Wildman–Crippen MR) is 152 cm³/mol. The van der Waals surface area contributed by atoms with E-state index in [2.05, 4.69) is 32.4 Å². The van der Waals surface area contributed by atoms with Crippen LogP contribution in [-0.2, 0) is 13.0 Å². The van der Waals surface area contributed by atoms with Crippen LogP contribution in [0.4, 0.5) is 11.9 Å². The van der Waals surface area contributed by atoms with Gasteiger partial charge in [-0.15, -0.1) is 0 Å². The molecule has 0 aliphatic heterocycles. The smallest absolute Gasteiger partial charge is 0.225 e. The summed E-state index contributed by atoms with van der Waals surface area (Å²) in [4.78, 5) is 22.6. The number of nitrogens with two attached hydrogens (primary N) is 1. The highest BCUT2D eigenvalue weighted by atomic mass is 16.3. The third kappa shape index (κ3) is 5.16. The van der Waals surface area contributed by atoms with Crippen molar-refractivity contribution in [1.82, 2.24) is 29.5 Å². The number of hydrogen-bond donors (Lipinski definition) is 3. The average Bonchev–Trinajstić information content (AvgIpc) is 3.41. The molecule has 9 nitrogen and oxygen atoms in total. The molecule has 0 saturated carbocycles. The fourth-order valence-electron chi connectivity index (χ4n) is 4.54. The van der Waals surface area contributed by atoms with Gasteiger partial charge in [-0.3, -0.25) is 4.57 Å². The van der Waals surface area contributed by atoms with Crippen molar-refractivity contribution >= 4 is 22.9 Å². The Morgan fingerprint density at radius 3 is 2.51 bits per heavy atom. The molecule has 3 aromatic heterocycles. The van der Waals surface area contributed by atoms with Gasteiger partial charge in [0.05, 0.1) is 29.0 Å². The minimum atomic E-state index is -0.0867. The van der Waals surface area contributed by atoms with Gasteiger partial charge in [-0.25, -0.2) is 19.9 Å². The molecule has 0 radical (unpaired) electrons. The van der Waals surface area contributed by atoms with Crippen LogP contribution in [-0.4, -0.2) is 41.1 Å². The first-order valence-electron chi connectivity index (χ1n) is 12.6. The number of aliphatic hydroxyl groups excluding tert-OH is 1. The number of aromatic nitrogens is 6. The average molecular weight is 515 g/mol. The molecule has 6 aromatic rings. The third-order valence-electron chi connectivity index (χ3n) is 6.48. The number of rotatable bonds is 8. The molecule has 0 unspecified atom stereocenters. The molecule has 3 aromatic carbocycles. The fourth-order valence-corrected chi connectivity index (χ4v) is 4.54. The molecule has 39 heavy (non-hydrogen) atoms. The largest absolute Gasteiger partial charge is 0.392 e. The summed E-state index contributed by atoms with van der Waals surface area (Å²) in [5.41, 5.74) is 12.7. The van der Waals surface area contributed by atoms with E-state index in [0.717, 1.165) is 39.8 Å². The van der Waals surface area contributed by atoms with Crippen LogP contribution in [0.5, 0.6) is 0 Å². The normalized spacial score (nSPS) is 11.1. The lowest BCUT2D eigenvalue weighted by Crippen LogP contribution is -2.10. The monoisotopic (exact) mass is 514 g/mol. The summed E-state index contributed by atoms with van der Waals surface area (Å²) in [6.07, 6.45) is 4.22. The lowest BCUT2D eigenvalue weighted by molar-refractivity contribution is 0.282. The number of nitrogen functional groups attached to an aromatic ring is 1. The Bertz CT molecular complexity index is 1750. The maximum absolute atomic E-state index is 9.96. The van der Waals surface area contributed by atoms with Gasteiger partial charge < -0.3 is 16.2 Å². The van der Waals surface area contributed by atoms with Crippen molar-refractivity contribution in [1.29, 1.82) is 0 Å². The molecule has 6 rings (SSSR count). The number of aliphatic hydroxyl groups is 1. The van der Waals surface area contributed by atoms with Crippen LogP contribution in [0, 0.1) is 0 Å². The fraction of sp³-hybridized carbons (Fsp3) is 0.100. The van der Waals surface area contributed by atoms with Gasteiger partial charge in [-0.2, -0.15) is 4.98 Å². The molecule has 0 aliphatic carbocycles. The zero-order valence-electron chi connectivity index (χ0n) is 21.1. The number of anilines is 2. The summed E-state index contributed by atoms with van der Waals surface area (Å²) in [6, 6.07) is 27.6. The molecule has 9 heteroatoms. The van der Waals surface area contributed by atoms with Gasteiger partial charge in [-0.05, 0) is 35.7 Å². The Hall–Kier alpha value is -5.15.